The molecule has 0 atom stereocenters. The zero-order valence-corrected chi connectivity index (χ0v) is 17.8. The number of nitrogens with zero attached hydrogens (tertiary/aromatic N) is 1. The number of carbonyl (C=O) groups is 1. The Balaban J connectivity index is 2.10. The van der Waals surface area contributed by atoms with Crippen LogP contribution in [0.4, 0.5) is 5.69 Å². The van der Waals surface area contributed by atoms with Crippen LogP contribution in [0.15, 0.2) is 49.1 Å². The fourth-order valence-corrected chi connectivity index (χ4v) is 2.74. The highest BCUT2D eigenvalue weighted by Gasteiger charge is 2.20. The van der Waals surface area contributed by atoms with Crippen molar-refractivity contribution in [3.63, 3.8) is 0 Å². The minimum Gasteiger partial charge on any atom is -0.493 e. The zero-order valence-electron chi connectivity index (χ0n) is 17.8. The van der Waals surface area contributed by atoms with Crippen LogP contribution in [0.25, 0.3) is 0 Å². The molecule has 166 valence electrons. The SMILES string of the molecule is C=CCOc1ccc(COc2ccc(C(=O)OCCCCC)cc2[N+](=O)[O-])cc1OC. The third-order valence-corrected chi connectivity index (χ3v) is 4.35. The maximum atomic E-state index is 12.1. The van der Waals surface area contributed by atoms with Crippen LogP contribution in [-0.4, -0.2) is 31.2 Å². The van der Waals surface area contributed by atoms with Gasteiger partial charge in [-0.1, -0.05) is 38.5 Å². The molecular formula is C23H27NO7. The van der Waals surface area contributed by atoms with E-state index in [0.717, 1.165) is 24.8 Å². The van der Waals surface area contributed by atoms with Gasteiger partial charge < -0.3 is 18.9 Å². The average Bonchev–Trinajstić information content (AvgIpc) is 2.78. The normalized spacial score (nSPS) is 10.3. The molecule has 8 nitrogen and oxygen atoms in total. The summed E-state index contributed by atoms with van der Waals surface area (Å²) < 4.78 is 21.6. The van der Waals surface area contributed by atoms with E-state index in [4.69, 9.17) is 18.9 Å². The number of esters is 1. The number of ether oxygens (including phenoxy) is 4. The van der Waals surface area contributed by atoms with E-state index in [1.807, 2.05) is 6.92 Å². The van der Waals surface area contributed by atoms with E-state index >= 15 is 0 Å². The molecule has 0 radical (unpaired) electrons. The molecule has 0 amide bonds. The highest BCUT2D eigenvalue weighted by atomic mass is 16.6. The Morgan fingerprint density at radius 2 is 1.87 bits per heavy atom. The summed E-state index contributed by atoms with van der Waals surface area (Å²) >= 11 is 0. The van der Waals surface area contributed by atoms with E-state index < -0.39 is 10.9 Å². The van der Waals surface area contributed by atoms with E-state index in [1.165, 1.54) is 25.3 Å². The molecule has 0 N–H and O–H groups in total. The van der Waals surface area contributed by atoms with E-state index in [-0.39, 0.29) is 30.2 Å². The molecule has 31 heavy (non-hydrogen) atoms. The third kappa shape index (κ3) is 7.02. The van der Waals surface area contributed by atoms with E-state index in [2.05, 4.69) is 6.58 Å². The minimum absolute atomic E-state index is 0.0542. The van der Waals surface area contributed by atoms with E-state index in [9.17, 15) is 14.9 Å². The summed E-state index contributed by atoms with van der Waals surface area (Å²) in [5.41, 5.74) is 0.540. The van der Waals surface area contributed by atoms with Crippen LogP contribution in [0.3, 0.4) is 0 Å². The predicted octanol–water partition coefficient (Wildman–Crippen LogP) is 5.09. The lowest BCUT2D eigenvalue weighted by Crippen LogP contribution is -2.08. The molecule has 0 fully saturated rings. The van der Waals surface area contributed by atoms with Crippen LogP contribution in [0, 0.1) is 10.1 Å². The van der Waals surface area contributed by atoms with Crippen molar-refractivity contribution in [2.24, 2.45) is 0 Å². The van der Waals surface area contributed by atoms with Gasteiger partial charge in [-0.2, -0.15) is 0 Å². The lowest BCUT2D eigenvalue weighted by atomic mass is 10.2. The first-order chi connectivity index (χ1) is 15.0. The van der Waals surface area contributed by atoms with Crippen molar-refractivity contribution >= 4 is 11.7 Å². The van der Waals surface area contributed by atoms with Crippen LogP contribution >= 0.6 is 0 Å². The molecule has 2 aromatic rings. The van der Waals surface area contributed by atoms with Gasteiger partial charge in [-0.15, -0.1) is 0 Å². The molecule has 0 aliphatic rings. The Kier molecular flexibility index (Phi) is 9.35. The summed E-state index contributed by atoms with van der Waals surface area (Å²) in [7, 11) is 1.52. The topological polar surface area (TPSA) is 97.1 Å². The lowest BCUT2D eigenvalue weighted by molar-refractivity contribution is -0.386. The quantitative estimate of drug-likeness (QED) is 0.144. The highest BCUT2D eigenvalue weighted by Crippen LogP contribution is 2.31. The number of benzene rings is 2. The summed E-state index contributed by atoms with van der Waals surface area (Å²) in [4.78, 5) is 23.0. The van der Waals surface area contributed by atoms with Crippen molar-refractivity contribution in [1.82, 2.24) is 0 Å². The number of hydrogen-bond donors (Lipinski definition) is 0. The van der Waals surface area contributed by atoms with Gasteiger partial charge in [-0.05, 0) is 36.2 Å². The molecule has 0 aliphatic carbocycles. The summed E-state index contributed by atoms with van der Waals surface area (Å²) in [6.45, 7) is 6.34. The molecule has 0 spiro atoms. The Morgan fingerprint density at radius 3 is 2.55 bits per heavy atom. The molecule has 0 heterocycles. The molecule has 0 saturated heterocycles. The smallest absolute Gasteiger partial charge is 0.338 e. The van der Waals surface area contributed by atoms with Gasteiger partial charge in [0.25, 0.3) is 0 Å². The fraction of sp³-hybridized carbons (Fsp3) is 0.348. The molecule has 0 aromatic heterocycles. The van der Waals surface area contributed by atoms with Crippen molar-refractivity contribution in [1.29, 1.82) is 0 Å². The Hall–Kier alpha value is -3.55. The van der Waals surface area contributed by atoms with Gasteiger partial charge in [-0.25, -0.2) is 4.79 Å². The number of hydrogen-bond acceptors (Lipinski definition) is 7. The van der Waals surface area contributed by atoms with Crippen LogP contribution < -0.4 is 14.2 Å². The van der Waals surface area contributed by atoms with Crippen molar-refractivity contribution in [3.8, 4) is 17.2 Å². The van der Waals surface area contributed by atoms with E-state index in [1.54, 1.807) is 24.3 Å². The van der Waals surface area contributed by atoms with Gasteiger partial charge in [0.15, 0.2) is 17.2 Å². The number of nitro benzene ring substituents is 1. The summed E-state index contributed by atoms with van der Waals surface area (Å²) in [6, 6.07) is 9.26. The summed E-state index contributed by atoms with van der Waals surface area (Å²) in [6.07, 6.45) is 4.34. The van der Waals surface area contributed by atoms with Crippen LogP contribution in [0.2, 0.25) is 0 Å². The van der Waals surface area contributed by atoms with Crippen LogP contribution in [0.1, 0.15) is 42.1 Å². The maximum absolute atomic E-state index is 12.1. The molecule has 0 aliphatic heterocycles. The molecule has 2 aromatic carbocycles. The second-order valence-electron chi connectivity index (χ2n) is 6.66. The van der Waals surface area contributed by atoms with E-state index in [0.29, 0.717) is 18.1 Å². The first kappa shape index (κ1) is 23.7. The maximum Gasteiger partial charge on any atom is 0.338 e. The fourth-order valence-electron chi connectivity index (χ4n) is 2.74. The second-order valence-corrected chi connectivity index (χ2v) is 6.66. The van der Waals surface area contributed by atoms with Crippen molar-refractivity contribution in [2.75, 3.05) is 20.3 Å². The first-order valence-corrected chi connectivity index (χ1v) is 9.99. The zero-order chi connectivity index (χ0) is 22.6. The summed E-state index contributed by atoms with van der Waals surface area (Å²) in [5, 5.41) is 11.5. The monoisotopic (exact) mass is 429 g/mol. The lowest BCUT2D eigenvalue weighted by Gasteiger charge is -2.12. The Labute approximate surface area is 181 Å². The molecule has 0 unspecified atom stereocenters. The van der Waals surface area contributed by atoms with Crippen molar-refractivity contribution < 1.29 is 28.7 Å². The molecule has 0 saturated carbocycles. The number of methoxy groups -OCH3 is 1. The van der Waals surface area contributed by atoms with Crippen LogP contribution in [-0.2, 0) is 11.3 Å². The molecular weight excluding hydrogens is 402 g/mol. The summed E-state index contributed by atoms with van der Waals surface area (Å²) in [5.74, 6) is 0.529. The van der Waals surface area contributed by atoms with Gasteiger partial charge in [-0.3, -0.25) is 10.1 Å². The van der Waals surface area contributed by atoms with Crippen molar-refractivity contribution in [2.45, 2.75) is 32.8 Å². The molecule has 8 heteroatoms. The minimum atomic E-state index is -0.592. The van der Waals surface area contributed by atoms with Crippen molar-refractivity contribution in [3.05, 3.63) is 70.3 Å². The predicted molar refractivity (Wildman–Crippen MR) is 116 cm³/mol. The van der Waals surface area contributed by atoms with Gasteiger partial charge in [0.05, 0.1) is 24.2 Å². The van der Waals surface area contributed by atoms with Gasteiger partial charge in [0, 0.05) is 6.07 Å². The van der Waals surface area contributed by atoms with Gasteiger partial charge in [0.2, 0.25) is 0 Å². The number of unbranched alkanes of at least 4 members (excludes halogenated alkanes) is 2. The molecule has 2 rings (SSSR count). The Morgan fingerprint density at radius 1 is 1.10 bits per heavy atom. The standard InChI is InChI=1S/C23H27NO7/c1-4-6-7-13-30-23(25)18-9-11-20(19(15-18)24(26)27)31-16-17-8-10-21(29-12-5-2)22(14-17)28-3/h5,8-11,14-15H,2,4,6-7,12-13,16H2,1,3H3. The third-order valence-electron chi connectivity index (χ3n) is 4.35. The average molecular weight is 429 g/mol. The molecule has 0 bridgehead atoms. The second kappa shape index (κ2) is 12.2. The highest BCUT2D eigenvalue weighted by molar-refractivity contribution is 5.90. The van der Waals surface area contributed by atoms with Gasteiger partial charge in [0.1, 0.15) is 13.2 Å². The largest absolute Gasteiger partial charge is 0.493 e. The Bertz CT molecular complexity index is 911. The van der Waals surface area contributed by atoms with Gasteiger partial charge >= 0.3 is 11.7 Å². The number of rotatable bonds is 13. The number of nitro groups is 1. The van der Waals surface area contributed by atoms with Crippen LogP contribution in [0.5, 0.6) is 17.2 Å². The first-order valence-electron chi connectivity index (χ1n) is 9.99. The number of carbonyl (C=O) groups excluding carboxylic acids is 1.